The molecule has 1 fully saturated rings. The maximum atomic E-state index is 12.2. The molecule has 0 saturated carbocycles. The van der Waals surface area contributed by atoms with Crippen molar-refractivity contribution in [2.24, 2.45) is 0 Å². The van der Waals surface area contributed by atoms with Crippen molar-refractivity contribution < 1.29 is 62.0 Å². The molecule has 210 valence electrons. The van der Waals surface area contributed by atoms with E-state index in [0.29, 0.717) is 24.3 Å². The van der Waals surface area contributed by atoms with E-state index >= 15 is 0 Å². The van der Waals surface area contributed by atoms with Crippen molar-refractivity contribution in [3.8, 4) is 5.75 Å². The van der Waals surface area contributed by atoms with Gasteiger partial charge in [0.25, 0.3) is 0 Å². The van der Waals surface area contributed by atoms with Crippen LogP contribution in [0.1, 0.15) is 19.8 Å². The number of alkyl halides is 9. The molecular formula is C21H21F9O5S2. The van der Waals surface area contributed by atoms with Crippen LogP contribution in [-0.4, -0.2) is 61.2 Å². The topological polar surface area (TPSA) is 75.7 Å². The zero-order valence-corrected chi connectivity index (χ0v) is 20.6. The molecule has 0 unspecified atom stereocenters. The zero-order chi connectivity index (χ0) is 28.3. The Balaban J connectivity index is 0.000000265. The van der Waals surface area contributed by atoms with E-state index in [2.05, 4.69) is 36.4 Å². The summed E-state index contributed by atoms with van der Waals surface area (Å²) in [6, 6.07) is 13.0. The highest BCUT2D eigenvalue weighted by Crippen LogP contribution is 2.54. The molecule has 0 amide bonds. The molecule has 0 radical (unpaired) electrons. The first kappa shape index (κ1) is 31.3. The smallest absolute Gasteiger partial charge is 0.460 e. The molecule has 37 heavy (non-hydrogen) atoms. The van der Waals surface area contributed by atoms with Crippen molar-refractivity contribution in [3.05, 3.63) is 36.4 Å². The van der Waals surface area contributed by atoms with Crippen molar-refractivity contribution in [1.82, 2.24) is 0 Å². The molecule has 0 bridgehead atoms. The van der Waals surface area contributed by atoms with Gasteiger partial charge in [-0.25, -0.2) is 8.42 Å². The Bertz CT molecular complexity index is 1160. The second-order valence-corrected chi connectivity index (χ2v) is 11.3. The number of fused-ring (bicyclic) bond motifs is 1. The fraction of sp³-hybridized carbons (Fsp3) is 0.524. The third-order valence-electron chi connectivity index (χ3n) is 5.12. The van der Waals surface area contributed by atoms with Gasteiger partial charge in [0, 0.05) is 28.3 Å². The van der Waals surface area contributed by atoms with E-state index in [1.807, 2.05) is 6.92 Å². The van der Waals surface area contributed by atoms with Gasteiger partial charge in [0.1, 0.15) is 17.3 Å². The maximum Gasteiger partial charge on any atom is 0.460 e. The predicted molar refractivity (Wildman–Crippen MR) is 116 cm³/mol. The Morgan fingerprint density at radius 3 is 1.89 bits per heavy atom. The van der Waals surface area contributed by atoms with Gasteiger partial charge < -0.3 is 14.0 Å². The van der Waals surface area contributed by atoms with Crippen LogP contribution in [0.2, 0.25) is 0 Å². The van der Waals surface area contributed by atoms with Crippen LogP contribution in [0.4, 0.5) is 39.5 Å². The average molecular weight is 589 g/mol. The number of halogens is 9. The monoisotopic (exact) mass is 588 g/mol. The summed E-state index contributed by atoms with van der Waals surface area (Å²) in [6.07, 6.45) is -4.41. The quantitative estimate of drug-likeness (QED) is 0.126. The molecule has 5 nitrogen and oxygen atoms in total. The molecule has 16 heteroatoms. The standard InChI is InChI=1S/C17H21O2S.C4HF9O3S/c1-2-18-13-19-16-9-10-17(20-11-5-6-12-20)15-8-4-3-7-14(15)16;5-1(6,3(9,10)11)2(7,8)4(12,13)17(14,15)16/h3-4,7-10H,2,5-6,11-13H2,1H3;(H,14,15,16)/q+1;/p-1. The Kier molecular flexibility index (Phi) is 9.69. The van der Waals surface area contributed by atoms with Crippen molar-refractivity contribution >= 4 is 31.8 Å². The van der Waals surface area contributed by atoms with Gasteiger partial charge in [-0.2, -0.15) is 39.5 Å². The molecule has 0 aromatic heterocycles. The first-order valence-electron chi connectivity index (χ1n) is 10.5. The summed E-state index contributed by atoms with van der Waals surface area (Å²) in [5.74, 6) is -11.2. The van der Waals surface area contributed by atoms with Crippen LogP contribution in [0.15, 0.2) is 41.3 Å². The van der Waals surface area contributed by atoms with Crippen LogP contribution < -0.4 is 4.74 Å². The van der Waals surface area contributed by atoms with E-state index in [1.54, 1.807) is 0 Å². The molecular weight excluding hydrogens is 567 g/mol. The van der Waals surface area contributed by atoms with E-state index in [9.17, 15) is 52.5 Å². The van der Waals surface area contributed by atoms with Crippen LogP contribution in [0.3, 0.4) is 0 Å². The second kappa shape index (κ2) is 11.5. The number of rotatable bonds is 8. The molecule has 3 rings (SSSR count). The van der Waals surface area contributed by atoms with Crippen LogP contribution in [0.25, 0.3) is 10.8 Å². The Hall–Kier alpha value is -1.91. The normalized spacial score (nSPS) is 16.0. The average Bonchev–Trinajstić information content (AvgIpc) is 3.32. The highest BCUT2D eigenvalue weighted by atomic mass is 32.2. The lowest BCUT2D eigenvalue weighted by Gasteiger charge is -2.34. The van der Waals surface area contributed by atoms with E-state index in [-0.39, 0.29) is 0 Å². The fourth-order valence-electron chi connectivity index (χ4n) is 3.20. The molecule has 1 aliphatic rings. The highest BCUT2D eigenvalue weighted by molar-refractivity contribution is 7.97. The first-order valence-corrected chi connectivity index (χ1v) is 13.4. The van der Waals surface area contributed by atoms with Gasteiger partial charge in [0.15, 0.2) is 21.8 Å². The van der Waals surface area contributed by atoms with Crippen molar-refractivity contribution in [2.75, 3.05) is 24.9 Å². The van der Waals surface area contributed by atoms with E-state index in [0.717, 1.165) is 5.75 Å². The summed E-state index contributed by atoms with van der Waals surface area (Å²) in [7, 11) is -6.98. The van der Waals surface area contributed by atoms with Crippen LogP contribution in [-0.2, 0) is 25.7 Å². The summed E-state index contributed by atoms with van der Waals surface area (Å²) in [4.78, 5) is 1.52. The number of hydrogen-bond acceptors (Lipinski definition) is 5. The Morgan fingerprint density at radius 1 is 0.865 bits per heavy atom. The first-order chi connectivity index (χ1) is 16.9. The molecule has 1 aliphatic heterocycles. The third kappa shape index (κ3) is 6.40. The lowest BCUT2D eigenvalue weighted by Crippen LogP contribution is -2.63. The third-order valence-corrected chi connectivity index (χ3v) is 8.54. The molecule has 0 N–H and O–H groups in total. The van der Waals surface area contributed by atoms with Gasteiger partial charge in [-0.15, -0.1) is 0 Å². The Morgan fingerprint density at radius 2 is 1.41 bits per heavy atom. The minimum Gasteiger partial charge on any atom is -0.743 e. The number of benzene rings is 2. The van der Waals surface area contributed by atoms with E-state index in [1.165, 1.54) is 40.0 Å². The fourth-order valence-corrected chi connectivity index (χ4v) is 6.14. The number of ether oxygens (including phenoxy) is 2. The predicted octanol–water partition coefficient (Wildman–Crippen LogP) is 5.94. The number of hydrogen-bond donors (Lipinski definition) is 0. The summed E-state index contributed by atoms with van der Waals surface area (Å²) in [6.45, 7) is 2.98. The summed E-state index contributed by atoms with van der Waals surface area (Å²) in [5.41, 5.74) is 0. The summed E-state index contributed by atoms with van der Waals surface area (Å²) >= 11 is 0. The largest absolute Gasteiger partial charge is 0.743 e. The van der Waals surface area contributed by atoms with E-state index < -0.39 is 33.4 Å². The minimum atomic E-state index is -7.43. The molecule has 0 spiro atoms. The molecule has 2 aromatic carbocycles. The molecule has 0 aliphatic carbocycles. The molecule has 0 atom stereocenters. The van der Waals surface area contributed by atoms with Gasteiger partial charge in [0.2, 0.25) is 0 Å². The lowest BCUT2D eigenvalue weighted by molar-refractivity contribution is -0.382. The van der Waals surface area contributed by atoms with Crippen LogP contribution >= 0.6 is 0 Å². The van der Waals surface area contributed by atoms with Crippen molar-refractivity contribution in [2.45, 2.75) is 47.9 Å². The Labute approximate surface area is 209 Å². The van der Waals surface area contributed by atoms with Gasteiger partial charge in [-0.05, 0) is 38.0 Å². The van der Waals surface area contributed by atoms with Gasteiger partial charge in [0.05, 0.1) is 0 Å². The van der Waals surface area contributed by atoms with Crippen LogP contribution in [0, 0.1) is 0 Å². The summed E-state index contributed by atoms with van der Waals surface area (Å²) in [5, 5.41) is -4.55. The van der Waals surface area contributed by atoms with Gasteiger partial charge in [-0.1, -0.05) is 18.2 Å². The lowest BCUT2D eigenvalue weighted by atomic mass is 10.1. The SMILES string of the molecule is CCOCOc1ccc([S+]2CCCC2)c2ccccc12.O=S(=O)([O-])C(F)(F)C(F)(F)C(F)(F)C(F)(F)F. The zero-order valence-electron chi connectivity index (χ0n) is 19.0. The highest BCUT2D eigenvalue weighted by Gasteiger charge is 2.83. The molecule has 2 aromatic rings. The summed E-state index contributed by atoms with van der Waals surface area (Å²) < 4.78 is 146. The molecule has 1 heterocycles. The van der Waals surface area contributed by atoms with Crippen molar-refractivity contribution in [3.63, 3.8) is 0 Å². The second-order valence-electron chi connectivity index (χ2n) is 7.59. The minimum absolute atomic E-state index is 0.325. The maximum absolute atomic E-state index is 12.2. The van der Waals surface area contributed by atoms with E-state index in [4.69, 9.17) is 9.47 Å². The van der Waals surface area contributed by atoms with Gasteiger partial charge in [-0.3, -0.25) is 0 Å². The molecule has 1 saturated heterocycles. The van der Waals surface area contributed by atoms with Crippen LogP contribution in [0.5, 0.6) is 5.75 Å². The van der Waals surface area contributed by atoms with Gasteiger partial charge >= 0.3 is 23.3 Å². The van der Waals surface area contributed by atoms with Crippen molar-refractivity contribution in [1.29, 1.82) is 0 Å².